The highest BCUT2D eigenvalue weighted by Gasteiger charge is 2.38. The number of carboxylic acid groups (broad SMARTS) is 2. The van der Waals surface area contributed by atoms with Gasteiger partial charge >= 0.3 is 11.9 Å². The first-order valence-electron chi connectivity index (χ1n) is 28.9. The molecule has 4 aromatic carbocycles. The molecule has 2 N–H and O–H groups in total. The minimum Gasteiger partial charge on any atom is -0.478 e. The van der Waals surface area contributed by atoms with Gasteiger partial charge in [0.2, 0.25) is 0 Å². The summed E-state index contributed by atoms with van der Waals surface area (Å²) in [5.41, 5.74) is 15.3. The highest BCUT2D eigenvalue weighted by atomic mass is 19.1. The van der Waals surface area contributed by atoms with Crippen LogP contribution in [0.25, 0.3) is 66.1 Å². The van der Waals surface area contributed by atoms with Crippen molar-refractivity contribution in [3.63, 3.8) is 0 Å². The van der Waals surface area contributed by atoms with Crippen LogP contribution in [0.2, 0.25) is 0 Å². The van der Waals surface area contributed by atoms with Gasteiger partial charge in [0.1, 0.15) is 12.3 Å². The molecule has 4 aliphatic heterocycles. The molecular formula is C64H70F2N6O4. The minimum absolute atomic E-state index is 0.177. The number of carbonyl (C=O) groups is 2. The van der Waals surface area contributed by atoms with Crippen molar-refractivity contribution >= 4 is 55.6 Å². The normalized spacial score (nSPS) is 23.1. The Labute approximate surface area is 442 Å². The highest BCUT2D eigenvalue weighted by Crippen LogP contribution is 2.53. The number of aromatic nitrogens is 4. The Morgan fingerprint density at radius 3 is 1.78 bits per heavy atom. The van der Waals surface area contributed by atoms with Crippen LogP contribution in [0.1, 0.15) is 157 Å². The van der Waals surface area contributed by atoms with Crippen LogP contribution in [0.5, 0.6) is 0 Å². The van der Waals surface area contributed by atoms with Crippen LogP contribution in [-0.4, -0.2) is 88.7 Å². The van der Waals surface area contributed by atoms with Gasteiger partial charge in [0.15, 0.2) is 0 Å². The van der Waals surface area contributed by atoms with Gasteiger partial charge in [0.05, 0.1) is 33.5 Å². The molecule has 0 bridgehead atoms. The highest BCUT2D eigenvalue weighted by molar-refractivity contribution is 6.05. The maximum absolute atomic E-state index is 15.1. The van der Waals surface area contributed by atoms with E-state index in [9.17, 15) is 24.2 Å². The number of rotatable bonds is 9. The number of para-hydroxylation sites is 2. The van der Waals surface area contributed by atoms with Crippen LogP contribution < -0.4 is 0 Å². The third-order valence-corrected chi connectivity index (χ3v) is 19.4. The molecule has 76 heavy (non-hydrogen) atoms. The molecule has 2 saturated carbocycles. The number of hydrogen-bond donors (Lipinski definition) is 2. The lowest BCUT2D eigenvalue weighted by molar-refractivity contribution is 0.0686. The third kappa shape index (κ3) is 8.13. The van der Waals surface area contributed by atoms with Gasteiger partial charge in [-0.15, -0.1) is 0 Å². The molecule has 0 spiro atoms. The van der Waals surface area contributed by atoms with Gasteiger partial charge in [-0.05, 0) is 148 Å². The lowest BCUT2D eigenvalue weighted by Gasteiger charge is -2.37. The van der Waals surface area contributed by atoms with Crippen molar-refractivity contribution in [3.8, 4) is 22.5 Å². The maximum Gasteiger partial charge on any atom is 0.335 e. The molecule has 2 atom stereocenters. The molecule has 2 unspecified atom stereocenters. The first-order chi connectivity index (χ1) is 37.1. The molecule has 0 radical (unpaired) electrons. The summed E-state index contributed by atoms with van der Waals surface area (Å²) in [5.74, 6) is -0.799. The van der Waals surface area contributed by atoms with Gasteiger partial charge in [-0.2, -0.15) is 0 Å². The summed E-state index contributed by atoms with van der Waals surface area (Å²) in [6.07, 6.45) is 17.7. The van der Waals surface area contributed by atoms with E-state index in [-0.39, 0.29) is 12.0 Å². The zero-order chi connectivity index (χ0) is 51.3. The van der Waals surface area contributed by atoms with Crippen molar-refractivity contribution in [1.29, 1.82) is 0 Å². The zero-order valence-electron chi connectivity index (χ0n) is 43.7. The van der Waals surface area contributed by atoms with E-state index in [4.69, 9.17) is 0 Å². The van der Waals surface area contributed by atoms with Crippen molar-refractivity contribution in [3.05, 3.63) is 119 Å². The summed E-state index contributed by atoms with van der Waals surface area (Å²) in [6.45, 7) is 6.80. The fourth-order valence-corrected chi connectivity index (χ4v) is 15.9. The van der Waals surface area contributed by atoms with Gasteiger partial charge in [-0.25, -0.2) is 18.4 Å². The van der Waals surface area contributed by atoms with Crippen LogP contribution in [0.15, 0.2) is 85.2 Å². The number of piperidine rings is 2. The van der Waals surface area contributed by atoms with Gasteiger partial charge < -0.3 is 28.5 Å². The average molecular weight is 1030 g/mol. The summed E-state index contributed by atoms with van der Waals surface area (Å²) >= 11 is 0. The monoisotopic (exact) mass is 1020 g/mol. The molecule has 10 nitrogen and oxygen atoms in total. The summed E-state index contributed by atoms with van der Waals surface area (Å²) in [5, 5.41) is 25.5. The molecule has 6 aliphatic rings. The lowest BCUT2D eigenvalue weighted by atomic mass is 9.74. The van der Waals surface area contributed by atoms with E-state index in [0.29, 0.717) is 55.3 Å². The summed E-state index contributed by atoms with van der Waals surface area (Å²) in [7, 11) is 0. The van der Waals surface area contributed by atoms with Crippen LogP contribution >= 0.6 is 0 Å². The molecule has 394 valence electrons. The Balaban J connectivity index is 0.873. The molecule has 12 heteroatoms. The molecule has 8 heterocycles. The smallest absolute Gasteiger partial charge is 0.335 e. The number of fused-ring (bicyclic) bond motifs is 8. The molecule has 8 aromatic rings. The zero-order valence-corrected chi connectivity index (χ0v) is 43.7. The number of benzene rings is 4. The Kier molecular flexibility index (Phi) is 12.3. The minimum atomic E-state index is -0.916. The van der Waals surface area contributed by atoms with E-state index < -0.39 is 24.3 Å². The number of carboxylic acids is 2. The Bertz CT molecular complexity index is 3580. The summed E-state index contributed by atoms with van der Waals surface area (Å²) in [4.78, 5) is 30.0. The summed E-state index contributed by atoms with van der Waals surface area (Å²) in [6, 6.07) is 25.4. The first kappa shape index (κ1) is 48.2. The van der Waals surface area contributed by atoms with Crippen molar-refractivity contribution in [1.82, 2.24) is 28.1 Å². The van der Waals surface area contributed by atoms with Crippen LogP contribution in [-0.2, 0) is 32.7 Å². The quantitative estimate of drug-likeness (QED) is 0.149. The summed E-state index contributed by atoms with van der Waals surface area (Å²) < 4.78 is 39.4. The second-order valence-corrected chi connectivity index (χ2v) is 23.8. The van der Waals surface area contributed by atoms with E-state index in [0.717, 1.165) is 120 Å². The number of hydrogen-bond acceptors (Lipinski definition) is 4. The predicted molar refractivity (Wildman–Crippen MR) is 297 cm³/mol. The number of likely N-dealkylation sites (tertiary alicyclic amines) is 2. The molecule has 0 amide bonds. The maximum atomic E-state index is 15.1. The Morgan fingerprint density at radius 2 is 1.12 bits per heavy atom. The fourth-order valence-electron chi connectivity index (χ4n) is 15.9. The fraction of sp³-hybridized carbons (Fsp3) is 0.469. The number of alkyl halides is 2. The molecule has 4 aromatic heterocycles. The van der Waals surface area contributed by atoms with Gasteiger partial charge in [0.25, 0.3) is 0 Å². The number of nitrogens with zero attached hydrogens (tertiary/aromatic N) is 6. The van der Waals surface area contributed by atoms with Crippen molar-refractivity contribution < 1.29 is 28.6 Å². The Morgan fingerprint density at radius 1 is 0.513 bits per heavy atom. The number of halogens is 2. The number of aromatic carboxylic acids is 2. The SMILES string of the molecule is O=C(O)c1ccc2c(C3CCC(C4CCn5c(c(C6CCCCC6)c6ccc(C(=O)O)cc65)-c5cccc6c(CN7CCCC(F)C7)cn4c56)CC3)c3n(c2c1)CCCn1cc(CN2CCC(F)CC2)c2cccc-3c21. The Hall–Kier alpha value is -6.24. The van der Waals surface area contributed by atoms with Gasteiger partial charge in [0, 0.05) is 114 Å². The van der Waals surface area contributed by atoms with Crippen LogP contribution in [0.4, 0.5) is 8.78 Å². The van der Waals surface area contributed by atoms with Crippen LogP contribution in [0, 0.1) is 5.92 Å². The van der Waals surface area contributed by atoms with E-state index >= 15 is 4.39 Å². The number of aryl methyl sites for hydroxylation is 3. The second-order valence-electron chi connectivity index (χ2n) is 23.8. The molecule has 2 aliphatic carbocycles. The molecular weight excluding hydrogens is 955 g/mol. The second kappa shape index (κ2) is 19.3. The third-order valence-electron chi connectivity index (χ3n) is 19.4. The molecule has 2 saturated heterocycles. The van der Waals surface area contributed by atoms with Crippen molar-refractivity contribution in [2.45, 2.75) is 159 Å². The van der Waals surface area contributed by atoms with E-state index in [1.165, 1.54) is 91.2 Å². The lowest BCUT2D eigenvalue weighted by Crippen LogP contribution is -2.35. The standard InChI is InChI=1S/C64H70F2N6O4/c65-46-23-29-67(30-24-46)34-44-36-69-27-7-28-70-55-32-42(63(73)74)19-21-50(55)58(61(70)52-13-4-11-48(44)59(52)69)41-17-15-39(16-18-41)54-25-31-71-56-33-43(64(75)76)20-22-51(56)57(40-8-2-1-3-9-40)62(71)53-14-5-12-49-45(37-72(54)60(49)53)35-68-26-6-10-47(66)38-68/h4-5,11-14,19-22,32-33,36-37,39-41,46-47,54H,1-3,6-10,15-18,23-31,34-35,38H2,(H,73,74)(H,75,76). The van der Waals surface area contributed by atoms with Crippen molar-refractivity contribution in [2.75, 3.05) is 26.2 Å². The van der Waals surface area contributed by atoms with Gasteiger partial charge in [-0.3, -0.25) is 9.80 Å². The topological polar surface area (TPSA) is 101 Å². The van der Waals surface area contributed by atoms with Crippen molar-refractivity contribution in [2.24, 2.45) is 5.92 Å². The van der Waals surface area contributed by atoms with Gasteiger partial charge in [-0.1, -0.05) is 67.8 Å². The van der Waals surface area contributed by atoms with E-state index in [1.54, 1.807) is 12.1 Å². The average Bonchev–Trinajstić information content (AvgIpc) is 4.33. The van der Waals surface area contributed by atoms with E-state index in [2.05, 4.69) is 89.0 Å². The molecule has 4 fully saturated rings. The molecule has 14 rings (SSSR count). The predicted octanol–water partition coefficient (Wildman–Crippen LogP) is 14.5. The van der Waals surface area contributed by atoms with E-state index in [1.807, 2.05) is 12.1 Å². The largest absolute Gasteiger partial charge is 0.478 e. The van der Waals surface area contributed by atoms with Crippen LogP contribution in [0.3, 0.4) is 0 Å². The first-order valence-corrected chi connectivity index (χ1v) is 28.9.